The van der Waals surface area contributed by atoms with Gasteiger partial charge in [0, 0.05) is 41.3 Å². The first kappa shape index (κ1) is 11.1. The van der Waals surface area contributed by atoms with Crippen molar-refractivity contribution in [2.45, 2.75) is 38.1 Å². The standard InChI is InChI=1S/C11H18N2OS/c12-6-5-11(3-4-11)9-13-10-1-7-15(14)8-2-10/h10,13H,1-5,7-9H2. The van der Waals surface area contributed by atoms with E-state index in [0.29, 0.717) is 17.9 Å². The van der Waals surface area contributed by atoms with Gasteiger partial charge in [-0.15, -0.1) is 0 Å². The minimum Gasteiger partial charge on any atom is -0.313 e. The van der Waals surface area contributed by atoms with E-state index in [4.69, 9.17) is 5.26 Å². The molecule has 0 bridgehead atoms. The maximum absolute atomic E-state index is 11.2. The van der Waals surface area contributed by atoms with Crippen LogP contribution in [0.1, 0.15) is 32.1 Å². The van der Waals surface area contributed by atoms with Crippen molar-refractivity contribution in [2.24, 2.45) is 5.41 Å². The van der Waals surface area contributed by atoms with Gasteiger partial charge in [0.05, 0.1) is 6.07 Å². The van der Waals surface area contributed by atoms with E-state index in [1.54, 1.807) is 0 Å². The molecule has 0 spiro atoms. The van der Waals surface area contributed by atoms with Gasteiger partial charge in [-0.05, 0) is 31.1 Å². The van der Waals surface area contributed by atoms with Crippen molar-refractivity contribution in [1.82, 2.24) is 5.32 Å². The fourth-order valence-corrected chi connectivity index (χ4v) is 3.42. The molecule has 15 heavy (non-hydrogen) atoms. The van der Waals surface area contributed by atoms with Crippen LogP contribution in [0.4, 0.5) is 0 Å². The van der Waals surface area contributed by atoms with Gasteiger partial charge < -0.3 is 5.32 Å². The number of nitrogens with zero attached hydrogens (tertiary/aromatic N) is 1. The molecule has 1 aliphatic heterocycles. The summed E-state index contributed by atoms with van der Waals surface area (Å²) >= 11 is 0. The van der Waals surface area contributed by atoms with Crippen molar-refractivity contribution in [3.05, 3.63) is 0 Å². The predicted octanol–water partition coefficient (Wildman–Crippen LogP) is 1.18. The fourth-order valence-electron chi connectivity index (χ4n) is 2.12. The van der Waals surface area contributed by atoms with Gasteiger partial charge in [-0.25, -0.2) is 0 Å². The molecular formula is C11H18N2OS. The van der Waals surface area contributed by atoms with Gasteiger partial charge in [0.2, 0.25) is 0 Å². The average molecular weight is 226 g/mol. The Labute approximate surface area is 93.7 Å². The Morgan fingerprint density at radius 2 is 2.07 bits per heavy atom. The van der Waals surface area contributed by atoms with Crippen LogP contribution in [-0.4, -0.2) is 28.3 Å². The molecule has 1 N–H and O–H groups in total. The zero-order chi connectivity index (χ0) is 10.7. The fraction of sp³-hybridized carbons (Fsp3) is 0.909. The highest BCUT2D eigenvalue weighted by molar-refractivity contribution is 7.85. The summed E-state index contributed by atoms with van der Waals surface area (Å²) in [5.74, 6) is 1.70. The monoisotopic (exact) mass is 226 g/mol. The largest absolute Gasteiger partial charge is 0.313 e. The molecule has 1 saturated heterocycles. The normalized spacial score (nSPS) is 33.3. The summed E-state index contributed by atoms with van der Waals surface area (Å²) in [4.78, 5) is 0. The van der Waals surface area contributed by atoms with Gasteiger partial charge in [0.15, 0.2) is 0 Å². The Morgan fingerprint density at radius 1 is 1.40 bits per heavy atom. The lowest BCUT2D eigenvalue weighted by atomic mass is 10.0. The first-order valence-corrected chi connectivity index (χ1v) is 7.18. The van der Waals surface area contributed by atoms with E-state index < -0.39 is 10.8 Å². The van der Waals surface area contributed by atoms with Crippen molar-refractivity contribution in [3.8, 4) is 6.07 Å². The number of hydrogen-bond donors (Lipinski definition) is 1. The van der Waals surface area contributed by atoms with Crippen LogP contribution in [0.2, 0.25) is 0 Å². The van der Waals surface area contributed by atoms with Crippen LogP contribution >= 0.6 is 0 Å². The van der Waals surface area contributed by atoms with E-state index in [1.807, 2.05) is 0 Å². The van der Waals surface area contributed by atoms with Crippen LogP contribution in [0.3, 0.4) is 0 Å². The van der Waals surface area contributed by atoms with Crippen LogP contribution in [0.15, 0.2) is 0 Å². The quantitative estimate of drug-likeness (QED) is 0.783. The van der Waals surface area contributed by atoms with Crippen LogP contribution in [0.5, 0.6) is 0 Å². The van der Waals surface area contributed by atoms with E-state index in [-0.39, 0.29) is 0 Å². The lowest BCUT2D eigenvalue weighted by molar-refractivity contribution is 0.397. The number of rotatable bonds is 4. The SMILES string of the molecule is N#CCC1(CNC2CCS(=O)CC2)CC1. The average Bonchev–Trinajstić information content (AvgIpc) is 2.99. The third-order valence-electron chi connectivity index (χ3n) is 3.56. The molecule has 2 rings (SSSR count). The summed E-state index contributed by atoms with van der Waals surface area (Å²) in [6, 6.07) is 2.82. The molecule has 1 heterocycles. The molecule has 1 saturated carbocycles. The minimum atomic E-state index is -0.566. The Bertz CT molecular complexity index is 283. The molecule has 84 valence electrons. The first-order valence-electron chi connectivity index (χ1n) is 5.69. The number of hydrogen-bond acceptors (Lipinski definition) is 3. The lowest BCUT2D eigenvalue weighted by Crippen LogP contribution is -2.38. The first-order chi connectivity index (χ1) is 7.24. The van der Waals surface area contributed by atoms with Gasteiger partial charge in [-0.3, -0.25) is 4.21 Å². The zero-order valence-corrected chi connectivity index (χ0v) is 9.81. The van der Waals surface area contributed by atoms with E-state index >= 15 is 0 Å². The molecule has 0 atom stereocenters. The topological polar surface area (TPSA) is 52.9 Å². The molecule has 0 aromatic carbocycles. The number of nitrogens with one attached hydrogen (secondary N) is 1. The highest BCUT2D eigenvalue weighted by atomic mass is 32.2. The Balaban J connectivity index is 1.70. The van der Waals surface area contributed by atoms with Crippen LogP contribution in [0.25, 0.3) is 0 Å². The second kappa shape index (κ2) is 4.63. The molecule has 0 aromatic rings. The van der Waals surface area contributed by atoms with Crippen molar-refractivity contribution in [2.75, 3.05) is 18.1 Å². The summed E-state index contributed by atoms with van der Waals surface area (Å²) in [5.41, 5.74) is 0.297. The van der Waals surface area contributed by atoms with Gasteiger partial charge >= 0.3 is 0 Å². The predicted molar refractivity (Wildman–Crippen MR) is 60.8 cm³/mol. The molecule has 3 nitrogen and oxygen atoms in total. The van der Waals surface area contributed by atoms with Crippen molar-refractivity contribution in [1.29, 1.82) is 5.26 Å². The molecule has 2 aliphatic rings. The Morgan fingerprint density at radius 3 is 2.60 bits per heavy atom. The zero-order valence-electron chi connectivity index (χ0n) is 9.00. The number of nitriles is 1. The molecular weight excluding hydrogens is 208 g/mol. The lowest BCUT2D eigenvalue weighted by Gasteiger charge is -2.24. The second-order valence-electron chi connectivity index (χ2n) is 4.84. The van der Waals surface area contributed by atoms with Crippen LogP contribution in [0, 0.1) is 16.7 Å². The summed E-state index contributed by atoms with van der Waals surface area (Å²) < 4.78 is 11.2. The van der Waals surface area contributed by atoms with Crippen LogP contribution in [-0.2, 0) is 10.8 Å². The van der Waals surface area contributed by atoms with Gasteiger partial charge in [0.1, 0.15) is 0 Å². The molecule has 1 aliphatic carbocycles. The third-order valence-corrected chi connectivity index (χ3v) is 4.95. The maximum atomic E-state index is 11.2. The second-order valence-corrected chi connectivity index (χ2v) is 6.53. The molecule has 0 radical (unpaired) electrons. The summed E-state index contributed by atoms with van der Waals surface area (Å²) in [6.45, 7) is 0.984. The van der Waals surface area contributed by atoms with Crippen molar-refractivity contribution >= 4 is 10.8 Å². The minimum absolute atomic E-state index is 0.297. The molecule has 0 aromatic heterocycles. The van der Waals surface area contributed by atoms with E-state index in [0.717, 1.165) is 30.9 Å². The Hall–Kier alpha value is -0.400. The van der Waals surface area contributed by atoms with Crippen LogP contribution < -0.4 is 5.32 Å². The van der Waals surface area contributed by atoms with Crippen molar-refractivity contribution < 1.29 is 4.21 Å². The molecule has 0 amide bonds. The smallest absolute Gasteiger partial charge is 0.0628 e. The highest BCUT2D eigenvalue weighted by Gasteiger charge is 2.42. The summed E-state index contributed by atoms with van der Waals surface area (Å²) in [6.07, 6.45) is 5.17. The summed E-state index contributed by atoms with van der Waals surface area (Å²) in [5, 5.41) is 12.2. The Kier molecular flexibility index (Phi) is 3.42. The molecule has 0 unspecified atom stereocenters. The highest BCUT2D eigenvalue weighted by Crippen LogP contribution is 2.48. The van der Waals surface area contributed by atoms with E-state index in [9.17, 15) is 4.21 Å². The van der Waals surface area contributed by atoms with Gasteiger partial charge in [0.25, 0.3) is 0 Å². The van der Waals surface area contributed by atoms with Gasteiger partial charge in [-0.1, -0.05) is 0 Å². The summed E-state index contributed by atoms with van der Waals surface area (Å²) in [7, 11) is -0.566. The van der Waals surface area contributed by atoms with Crippen molar-refractivity contribution in [3.63, 3.8) is 0 Å². The van der Waals surface area contributed by atoms with E-state index in [2.05, 4.69) is 11.4 Å². The maximum Gasteiger partial charge on any atom is 0.0628 e. The third kappa shape index (κ3) is 3.02. The van der Waals surface area contributed by atoms with E-state index in [1.165, 1.54) is 12.8 Å². The molecule has 2 fully saturated rings. The van der Waals surface area contributed by atoms with Gasteiger partial charge in [-0.2, -0.15) is 5.26 Å². The molecule has 4 heteroatoms.